The third-order valence-electron chi connectivity index (χ3n) is 3.85. The number of benzene rings is 1. The highest BCUT2D eigenvalue weighted by atomic mass is 16.5. The fourth-order valence-corrected chi connectivity index (χ4v) is 2.68. The van der Waals surface area contributed by atoms with E-state index in [-0.39, 0.29) is 11.9 Å². The molecule has 3 amide bonds. The maximum atomic E-state index is 12.0. The molecule has 1 aromatic rings. The Bertz CT molecular complexity index is 546. The zero-order valence-corrected chi connectivity index (χ0v) is 14.1. The molecule has 0 radical (unpaired) electrons. The number of hydrogen-bond donors (Lipinski definition) is 1. The standard InChI is InChI=1S/C17H25N3O3/c1-13-10-14(2)12-16(11-13)23-9-4-18-17(22)20-7-5-19(6-8-20)15(3)21/h10-12H,4-9H2,1-3H3,(H,18,22). The van der Waals surface area contributed by atoms with Crippen molar-refractivity contribution < 1.29 is 14.3 Å². The van der Waals surface area contributed by atoms with Crippen LogP contribution < -0.4 is 10.1 Å². The van der Waals surface area contributed by atoms with E-state index in [2.05, 4.69) is 11.4 Å². The van der Waals surface area contributed by atoms with Gasteiger partial charge >= 0.3 is 6.03 Å². The van der Waals surface area contributed by atoms with Gasteiger partial charge in [0.15, 0.2) is 0 Å². The van der Waals surface area contributed by atoms with Crippen molar-refractivity contribution in [1.29, 1.82) is 0 Å². The first-order valence-corrected chi connectivity index (χ1v) is 7.95. The number of ether oxygens (including phenoxy) is 1. The van der Waals surface area contributed by atoms with Crippen molar-refractivity contribution in [2.75, 3.05) is 39.3 Å². The second-order valence-electron chi connectivity index (χ2n) is 5.90. The molecule has 0 spiro atoms. The number of piperazine rings is 1. The molecule has 23 heavy (non-hydrogen) atoms. The number of nitrogens with zero attached hydrogens (tertiary/aromatic N) is 2. The average molecular weight is 319 g/mol. The van der Waals surface area contributed by atoms with E-state index in [4.69, 9.17) is 4.74 Å². The van der Waals surface area contributed by atoms with Crippen LogP contribution in [0.4, 0.5) is 4.79 Å². The monoisotopic (exact) mass is 319 g/mol. The Morgan fingerprint density at radius 2 is 1.61 bits per heavy atom. The number of nitrogens with one attached hydrogen (secondary N) is 1. The lowest BCUT2D eigenvalue weighted by Gasteiger charge is -2.34. The number of carbonyl (C=O) groups excluding carboxylic acids is 2. The maximum Gasteiger partial charge on any atom is 0.317 e. The highest BCUT2D eigenvalue weighted by Gasteiger charge is 2.21. The van der Waals surface area contributed by atoms with Crippen LogP contribution in [-0.2, 0) is 4.79 Å². The van der Waals surface area contributed by atoms with Gasteiger partial charge in [-0.2, -0.15) is 0 Å². The molecular formula is C17H25N3O3. The molecule has 2 rings (SSSR count). The molecule has 1 aromatic carbocycles. The van der Waals surface area contributed by atoms with E-state index in [1.165, 1.54) is 0 Å². The van der Waals surface area contributed by atoms with Gasteiger partial charge in [-0.25, -0.2) is 4.79 Å². The van der Waals surface area contributed by atoms with Gasteiger partial charge in [0.05, 0.1) is 6.54 Å². The van der Waals surface area contributed by atoms with Gasteiger partial charge in [0.25, 0.3) is 0 Å². The van der Waals surface area contributed by atoms with Crippen LogP contribution >= 0.6 is 0 Å². The highest BCUT2D eigenvalue weighted by molar-refractivity contribution is 5.76. The molecule has 1 saturated heterocycles. The van der Waals surface area contributed by atoms with Gasteiger partial charge in [0.2, 0.25) is 5.91 Å². The predicted octanol–water partition coefficient (Wildman–Crippen LogP) is 1.56. The third kappa shape index (κ3) is 5.16. The largest absolute Gasteiger partial charge is 0.492 e. The van der Waals surface area contributed by atoms with Gasteiger partial charge in [-0.05, 0) is 37.1 Å². The van der Waals surface area contributed by atoms with Crippen molar-refractivity contribution in [1.82, 2.24) is 15.1 Å². The van der Waals surface area contributed by atoms with Gasteiger partial charge < -0.3 is 19.9 Å². The van der Waals surface area contributed by atoms with E-state index in [9.17, 15) is 9.59 Å². The van der Waals surface area contributed by atoms with Crippen LogP contribution in [0.25, 0.3) is 0 Å². The first kappa shape index (κ1) is 17.1. The first-order chi connectivity index (χ1) is 11.0. The SMILES string of the molecule is CC(=O)N1CCN(C(=O)NCCOc2cc(C)cc(C)c2)CC1. The molecule has 0 atom stereocenters. The quantitative estimate of drug-likeness (QED) is 0.857. The number of urea groups is 1. The molecule has 0 bridgehead atoms. The topological polar surface area (TPSA) is 61.9 Å². The summed E-state index contributed by atoms with van der Waals surface area (Å²) in [6, 6.07) is 5.96. The van der Waals surface area contributed by atoms with Crippen molar-refractivity contribution in [2.45, 2.75) is 20.8 Å². The summed E-state index contributed by atoms with van der Waals surface area (Å²) in [6.45, 7) is 8.85. The Morgan fingerprint density at radius 3 is 2.17 bits per heavy atom. The van der Waals surface area contributed by atoms with Crippen LogP contribution in [0.3, 0.4) is 0 Å². The van der Waals surface area contributed by atoms with E-state index in [1.807, 2.05) is 26.0 Å². The van der Waals surface area contributed by atoms with Crippen LogP contribution in [0.15, 0.2) is 18.2 Å². The summed E-state index contributed by atoms with van der Waals surface area (Å²) in [5, 5.41) is 2.85. The molecule has 1 N–H and O–H groups in total. The molecule has 1 aliphatic heterocycles. The molecule has 1 heterocycles. The Morgan fingerprint density at radius 1 is 1.04 bits per heavy atom. The van der Waals surface area contributed by atoms with Crippen molar-refractivity contribution in [2.24, 2.45) is 0 Å². The van der Waals surface area contributed by atoms with Crippen molar-refractivity contribution >= 4 is 11.9 Å². The minimum atomic E-state index is -0.0998. The zero-order chi connectivity index (χ0) is 16.8. The zero-order valence-electron chi connectivity index (χ0n) is 14.1. The molecule has 126 valence electrons. The molecule has 0 aromatic heterocycles. The van der Waals surface area contributed by atoms with Crippen LogP contribution in [0, 0.1) is 13.8 Å². The number of hydrogen-bond acceptors (Lipinski definition) is 3. The second-order valence-corrected chi connectivity index (χ2v) is 5.90. The Labute approximate surface area is 137 Å². The molecule has 1 aliphatic rings. The van der Waals surface area contributed by atoms with Crippen LogP contribution in [0.1, 0.15) is 18.1 Å². The lowest BCUT2D eigenvalue weighted by Crippen LogP contribution is -2.53. The molecule has 6 nitrogen and oxygen atoms in total. The molecule has 6 heteroatoms. The lowest BCUT2D eigenvalue weighted by molar-refractivity contribution is -0.130. The highest BCUT2D eigenvalue weighted by Crippen LogP contribution is 2.15. The summed E-state index contributed by atoms with van der Waals surface area (Å²) in [5.41, 5.74) is 2.32. The Hall–Kier alpha value is -2.24. The fourth-order valence-electron chi connectivity index (χ4n) is 2.68. The molecule has 1 fully saturated rings. The van der Waals surface area contributed by atoms with E-state index in [1.54, 1.807) is 16.7 Å². The van der Waals surface area contributed by atoms with E-state index in [0.29, 0.717) is 39.3 Å². The van der Waals surface area contributed by atoms with Crippen LogP contribution in [0.5, 0.6) is 5.75 Å². The maximum absolute atomic E-state index is 12.0. The van der Waals surface area contributed by atoms with Gasteiger partial charge in [-0.3, -0.25) is 4.79 Å². The average Bonchev–Trinajstić information content (AvgIpc) is 2.50. The molecule has 0 aliphatic carbocycles. The summed E-state index contributed by atoms with van der Waals surface area (Å²) in [7, 11) is 0. The van der Waals surface area contributed by atoms with Gasteiger partial charge in [-0.1, -0.05) is 6.07 Å². The number of aryl methyl sites for hydroxylation is 2. The summed E-state index contributed by atoms with van der Waals surface area (Å²) < 4.78 is 5.67. The summed E-state index contributed by atoms with van der Waals surface area (Å²) in [6.07, 6.45) is 0. The van der Waals surface area contributed by atoms with Gasteiger partial charge in [-0.15, -0.1) is 0 Å². The number of carbonyl (C=O) groups is 2. The van der Waals surface area contributed by atoms with Gasteiger partial charge in [0, 0.05) is 33.1 Å². The Kier molecular flexibility index (Phi) is 5.84. The van der Waals surface area contributed by atoms with Gasteiger partial charge in [0.1, 0.15) is 12.4 Å². The van der Waals surface area contributed by atoms with Crippen LogP contribution in [-0.4, -0.2) is 61.1 Å². The van der Waals surface area contributed by atoms with Crippen LogP contribution in [0.2, 0.25) is 0 Å². The minimum absolute atomic E-state index is 0.0620. The summed E-state index contributed by atoms with van der Waals surface area (Å²) in [4.78, 5) is 26.8. The predicted molar refractivity (Wildman–Crippen MR) is 88.6 cm³/mol. The van der Waals surface area contributed by atoms with Crippen molar-refractivity contribution in [3.63, 3.8) is 0 Å². The van der Waals surface area contributed by atoms with E-state index >= 15 is 0 Å². The number of rotatable bonds is 4. The number of amides is 3. The van der Waals surface area contributed by atoms with E-state index < -0.39 is 0 Å². The lowest BCUT2D eigenvalue weighted by atomic mass is 10.1. The summed E-state index contributed by atoms with van der Waals surface area (Å²) >= 11 is 0. The second kappa shape index (κ2) is 7.85. The summed E-state index contributed by atoms with van der Waals surface area (Å²) in [5.74, 6) is 0.888. The van der Waals surface area contributed by atoms with Crippen molar-refractivity contribution in [3.8, 4) is 5.75 Å². The molecule has 0 saturated carbocycles. The molecule has 0 unspecified atom stereocenters. The smallest absolute Gasteiger partial charge is 0.317 e. The third-order valence-corrected chi connectivity index (χ3v) is 3.85. The first-order valence-electron chi connectivity index (χ1n) is 7.95. The fraction of sp³-hybridized carbons (Fsp3) is 0.529. The molecular weight excluding hydrogens is 294 g/mol. The van der Waals surface area contributed by atoms with E-state index in [0.717, 1.165) is 16.9 Å². The normalized spacial score (nSPS) is 14.6. The minimum Gasteiger partial charge on any atom is -0.492 e. The van der Waals surface area contributed by atoms with Crippen molar-refractivity contribution in [3.05, 3.63) is 29.3 Å². The Balaban J connectivity index is 1.68.